The van der Waals surface area contributed by atoms with Crippen LogP contribution in [0.4, 0.5) is 0 Å². The summed E-state index contributed by atoms with van der Waals surface area (Å²) in [6.45, 7) is 7.89. The van der Waals surface area contributed by atoms with Gasteiger partial charge >= 0.3 is 11.9 Å². The first-order chi connectivity index (χ1) is 12.3. The lowest BCUT2D eigenvalue weighted by molar-refractivity contribution is -0.159. The van der Waals surface area contributed by atoms with Gasteiger partial charge in [0.15, 0.2) is 0 Å². The SMILES string of the molecule is CC1C=CC=CC1(C)OC(=O)CCCCC(=O)OC1(C)C=CC=CC1C. The van der Waals surface area contributed by atoms with Crippen LogP contribution < -0.4 is 0 Å². The molecular formula is C22H30O4. The van der Waals surface area contributed by atoms with E-state index in [4.69, 9.17) is 9.47 Å². The molecule has 0 amide bonds. The third kappa shape index (κ3) is 5.20. The van der Waals surface area contributed by atoms with Crippen molar-refractivity contribution in [3.8, 4) is 0 Å². The molecule has 2 rings (SSSR count). The molecule has 4 heteroatoms. The second kappa shape index (κ2) is 8.52. The molecule has 4 unspecified atom stereocenters. The second-order valence-electron chi connectivity index (χ2n) is 7.59. The fraction of sp³-hybridized carbons (Fsp3) is 0.545. The summed E-state index contributed by atoms with van der Waals surface area (Å²) < 4.78 is 11.3. The normalized spacial score (nSPS) is 32.5. The van der Waals surface area contributed by atoms with Crippen LogP contribution in [0.15, 0.2) is 48.6 Å². The molecule has 0 fully saturated rings. The average molecular weight is 358 g/mol. The fourth-order valence-electron chi connectivity index (χ4n) is 3.03. The van der Waals surface area contributed by atoms with Crippen molar-refractivity contribution in [1.29, 1.82) is 0 Å². The fourth-order valence-corrected chi connectivity index (χ4v) is 3.03. The zero-order valence-electron chi connectivity index (χ0n) is 16.2. The average Bonchev–Trinajstić information content (AvgIpc) is 2.57. The van der Waals surface area contributed by atoms with Crippen LogP contribution in [0.3, 0.4) is 0 Å². The lowest BCUT2D eigenvalue weighted by atomic mass is 9.86. The number of esters is 2. The van der Waals surface area contributed by atoms with E-state index in [0.29, 0.717) is 25.7 Å². The van der Waals surface area contributed by atoms with Gasteiger partial charge in [-0.25, -0.2) is 0 Å². The van der Waals surface area contributed by atoms with Crippen molar-refractivity contribution < 1.29 is 19.1 Å². The van der Waals surface area contributed by atoms with E-state index in [1.54, 1.807) is 0 Å². The molecule has 0 bridgehead atoms. The highest BCUT2D eigenvalue weighted by molar-refractivity contribution is 5.71. The zero-order chi connectivity index (χ0) is 19.2. The first kappa shape index (κ1) is 20.2. The highest BCUT2D eigenvalue weighted by Crippen LogP contribution is 2.29. The second-order valence-corrected chi connectivity index (χ2v) is 7.59. The van der Waals surface area contributed by atoms with Gasteiger partial charge in [-0.15, -0.1) is 0 Å². The van der Waals surface area contributed by atoms with Crippen molar-refractivity contribution >= 4 is 11.9 Å². The number of carbonyl (C=O) groups is 2. The van der Waals surface area contributed by atoms with Crippen LogP contribution in [0.1, 0.15) is 53.4 Å². The van der Waals surface area contributed by atoms with Crippen LogP contribution >= 0.6 is 0 Å². The lowest BCUT2D eigenvalue weighted by Crippen LogP contribution is -2.37. The lowest BCUT2D eigenvalue weighted by Gasteiger charge is -2.33. The molecule has 0 saturated heterocycles. The molecule has 0 spiro atoms. The van der Waals surface area contributed by atoms with Crippen LogP contribution in [0.2, 0.25) is 0 Å². The predicted octanol–water partition coefficient (Wildman–Crippen LogP) is 4.67. The van der Waals surface area contributed by atoms with Gasteiger partial charge < -0.3 is 9.47 Å². The van der Waals surface area contributed by atoms with Crippen molar-refractivity contribution in [2.24, 2.45) is 11.8 Å². The number of rotatable bonds is 7. The number of allylic oxidation sites excluding steroid dienone is 4. The van der Waals surface area contributed by atoms with Crippen LogP contribution in [0, 0.1) is 11.8 Å². The Hall–Kier alpha value is -2.10. The maximum atomic E-state index is 12.1. The molecule has 0 aromatic carbocycles. The van der Waals surface area contributed by atoms with Gasteiger partial charge in [0.25, 0.3) is 0 Å². The monoisotopic (exact) mass is 358 g/mol. The Morgan fingerprint density at radius 3 is 1.50 bits per heavy atom. The predicted molar refractivity (Wildman–Crippen MR) is 102 cm³/mol. The maximum absolute atomic E-state index is 12.1. The minimum atomic E-state index is -0.587. The van der Waals surface area contributed by atoms with Crippen molar-refractivity contribution in [2.75, 3.05) is 0 Å². The molecule has 0 aromatic heterocycles. The van der Waals surface area contributed by atoms with E-state index in [9.17, 15) is 9.59 Å². The smallest absolute Gasteiger partial charge is 0.306 e. The topological polar surface area (TPSA) is 52.6 Å². The van der Waals surface area contributed by atoms with Crippen LogP contribution in [-0.2, 0) is 19.1 Å². The van der Waals surface area contributed by atoms with E-state index in [0.717, 1.165) is 0 Å². The van der Waals surface area contributed by atoms with Gasteiger partial charge in [0.2, 0.25) is 0 Å². The Morgan fingerprint density at radius 1 is 0.769 bits per heavy atom. The summed E-state index contributed by atoms with van der Waals surface area (Å²) in [7, 11) is 0. The summed E-state index contributed by atoms with van der Waals surface area (Å²) in [6.07, 6.45) is 17.5. The van der Waals surface area contributed by atoms with Crippen molar-refractivity contribution in [1.82, 2.24) is 0 Å². The summed E-state index contributed by atoms with van der Waals surface area (Å²) in [5.74, 6) is -0.166. The molecule has 142 valence electrons. The highest BCUT2D eigenvalue weighted by atomic mass is 16.6. The molecular weight excluding hydrogens is 328 g/mol. The quantitative estimate of drug-likeness (QED) is 0.490. The molecule has 4 nitrogen and oxygen atoms in total. The third-order valence-corrected chi connectivity index (χ3v) is 5.36. The first-order valence-electron chi connectivity index (χ1n) is 9.41. The van der Waals surface area contributed by atoms with Crippen LogP contribution in [0.25, 0.3) is 0 Å². The Morgan fingerprint density at radius 2 is 1.15 bits per heavy atom. The summed E-state index contributed by atoms with van der Waals surface area (Å²) in [5, 5.41) is 0. The van der Waals surface area contributed by atoms with Crippen LogP contribution in [-0.4, -0.2) is 23.1 Å². The largest absolute Gasteiger partial charge is 0.454 e. The van der Waals surface area contributed by atoms with Crippen molar-refractivity contribution in [2.45, 2.75) is 64.6 Å². The van der Waals surface area contributed by atoms with Gasteiger partial charge in [-0.3, -0.25) is 9.59 Å². The molecule has 4 atom stereocenters. The zero-order valence-corrected chi connectivity index (χ0v) is 16.2. The highest BCUT2D eigenvalue weighted by Gasteiger charge is 2.33. The molecule has 0 N–H and O–H groups in total. The van der Waals surface area contributed by atoms with Gasteiger partial charge in [0.05, 0.1) is 0 Å². The Labute approximate surface area is 156 Å². The van der Waals surface area contributed by atoms with E-state index in [1.807, 2.05) is 76.3 Å². The Bertz CT molecular complexity index is 587. The summed E-state index contributed by atoms with van der Waals surface area (Å²) >= 11 is 0. The maximum Gasteiger partial charge on any atom is 0.306 e. The number of ether oxygens (including phenoxy) is 2. The molecule has 0 radical (unpaired) electrons. The van der Waals surface area contributed by atoms with Gasteiger partial charge in [-0.2, -0.15) is 0 Å². The number of hydrogen-bond acceptors (Lipinski definition) is 4. The molecule has 2 aliphatic rings. The molecule has 26 heavy (non-hydrogen) atoms. The van der Waals surface area contributed by atoms with E-state index in [1.165, 1.54) is 0 Å². The van der Waals surface area contributed by atoms with Gasteiger partial charge in [-0.05, 0) is 38.8 Å². The Balaban J connectivity index is 1.68. The summed E-state index contributed by atoms with van der Waals surface area (Å²) in [4.78, 5) is 24.2. The minimum absolute atomic E-state index is 0.145. The summed E-state index contributed by atoms with van der Waals surface area (Å²) in [5.41, 5.74) is -1.17. The standard InChI is InChI=1S/C22H30O4/c1-17-11-7-9-15-21(17,3)25-19(23)13-5-6-14-20(24)26-22(4)16-10-8-12-18(22)2/h7-12,15-18H,5-6,13-14H2,1-4H3. The number of hydrogen-bond donors (Lipinski definition) is 0. The van der Waals surface area contributed by atoms with Crippen molar-refractivity contribution in [3.63, 3.8) is 0 Å². The number of carbonyl (C=O) groups excluding carboxylic acids is 2. The van der Waals surface area contributed by atoms with Gasteiger partial charge in [-0.1, -0.05) is 50.3 Å². The van der Waals surface area contributed by atoms with E-state index < -0.39 is 11.2 Å². The number of unbranched alkanes of at least 4 members (excludes halogenated alkanes) is 1. The minimum Gasteiger partial charge on any atom is -0.454 e. The van der Waals surface area contributed by atoms with E-state index in [2.05, 4.69) is 0 Å². The summed E-state index contributed by atoms with van der Waals surface area (Å²) in [6, 6.07) is 0. The van der Waals surface area contributed by atoms with E-state index in [-0.39, 0.29) is 23.8 Å². The van der Waals surface area contributed by atoms with Gasteiger partial charge in [0, 0.05) is 24.7 Å². The first-order valence-corrected chi connectivity index (χ1v) is 9.41. The third-order valence-electron chi connectivity index (χ3n) is 5.36. The van der Waals surface area contributed by atoms with Crippen molar-refractivity contribution in [3.05, 3.63) is 48.6 Å². The molecule has 2 aliphatic carbocycles. The Kier molecular flexibility index (Phi) is 6.63. The van der Waals surface area contributed by atoms with Gasteiger partial charge in [0.1, 0.15) is 11.2 Å². The molecule has 0 saturated carbocycles. The van der Waals surface area contributed by atoms with E-state index >= 15 is 0 Å². The molecule has 0 aliphatic heterocycles. The molecule has 0 heterocycles. The van der Waals surface area contributed by atoms with Crippen LogP contribution in [0.5, 0.6) is 0 Å². The molecule has 0 aromatic rings.